The summed E-state index contributed by atoms with van der Waals surface area (Å²) < 4.78 is 0. The van der Waals surface area contributed by atoms with Crippen LogP contribution in [-0.4, -0.2) is 11.1 Å². The van der Waals surface area contributed by atoms with E-state index in [0.29, 0.717) is 0 Å². The Morgan fingerprint density at radius 2 is 1.77 bits per heavy atom. The normalized spacial score (nSPS) is 10.2. The molecule has 0 spiro atoms. The first-order chi connectivity index (χ1) is 6.22. The van der Waals surface area contributed by atoms with Gasteiger partial charge in [0, 0.05) is 0 Å². The van der Waals surface area contributed by atoms with E-state index in [-0.39, 0.29) is 5.57 Å². The molecule has 0 aromatic heterocycles. The molecule has 0 atom stereocenters. The van der Waals surface area contributed by atoms with E-state index in [4.69, 9.17) is 5.11 Å². The lowest BCUT2D eigenvalue weighted by Gasteiger charge is -1.89. The molecular weight excluding hydrogens is 164 g/mol. The van der Waals surface area contributed by atoms with Crippen LogP contribution in [0.15, 0.2) is 49.1 Å². The molecule has 0 fully saturated rings. The Balaban J connectivity index is 0. The highest BCUT2D eigenvalue weighted by Gasteiger charge is 1.98. The molecule has 0 amide bonds. The van der Waals surface area contributed by atoms with Gasteiger partial charge in [-0.1, -0.05) is 45.2 Å². The largest absolute Gasteiger partial charge is 0.478 e. The quantitative estimate of drug-likeness (QED) is 0.533. The summed E-state index contributed by atoms with van der Waals surface area (Å²) in [6, 6.07) is 0. The molecule has 0 saturated heterocycles. The van der Waals surface area contributed by atoms with Gasteiger partial charge < -0.3 is 5.11 Å². The average Bonchev–Trinajstić information content (AvgIpc) is 2.15. The lowest BCUT2D eigenvalue weighted by atomic mass is 10.2. The summed E-state index contributed by atoms with van der Waals surface area (Å²) in [4.78, 5) is 10.4. The number of aliphatic carboxylic acids is 1. The zero-order valence-corrected chi connectivity index (χ0v) is 8.16. The van der Waals surface area contributed by atoms with Crippen LogP contribution < -0.4 is 0 Å². The van der Waals surface area contributed by atoms with Crippen molar-refractivity contribution in [2.45, 2.75) is 13.8 Å². The van der Waals surface area contributed by atoms with E-state index in [1.165, 1.54) is 24.3 Å². The predicted molar refractivity (Wildman–Crippen MR) is 56.6 cm³/mol. The van der Waals surface area contributed by atoms with Crippen molar-refractivity contribution in [3.05, 3.63) is 49.1 Å². The average molecular weight is 180 g/mol. The fourth-order valence-electron chi connectivity index (χ4n) is 0.497. The van der Waals surface area contributed by atoms with Gasteiger partial charge in [0.05, 0.1) is 5.57 Å². The van der Waals surface area contributed by atoms with Crippen molar-refractivity contribution in [3.8, 4) is 0 Å². The Kier molecular flexibility index (Phi) is 11.2. The predicted octanol–water partition coefficient (Wildman–Crippen LogP) is 2.95. The highest BCUT2D eigenvalue weighted by Crippen LogP contribution is 1.97. The summed E-state index contributed by atoms with van der Waals surface area (Å²) in [5.74, 6) is -0.969. The standard InChI is InChI=1S/C9H10O2.C2H6/c1-3-5-7-8(6-4-2)9(10)11;1-2/h3-7H,1-2H2,(H,10,11);1-2H3/b7-5-,8-6+;. The van der Waals surface area contributed by atoms with Crippen molar-refractivity contribution >= 4 is 5.97 Å². The number of carboxylic acids is 1. The summed E-state index contributed by atoms with van der Waals surface area (Å²) in [6.45, 7) is 10.8. The third-order valence-electron chi connectivity index (χ3n) is 0.956. The number of hydrogen-bond donors (Lipinski definition) is 1. The third-order valence-corrected chi connectivity index (χ3v) is 0.956. The molecule has 0 aromatic rings. The second-order valence-electron chi connectivity index (χ2n) is 1.76. The van der Waals surface area contributed by atoms with Crippen LogP contribution >= 0.6 is 0 Å². The highest BCUT2D eigenvalue weighted by atomic mass is 16.4. The zero-order chi connectivity index (χ0) is 10.7. The van der Waals surface area contributed by atoms with E-state index in [1.807, 2.05) is 13.8 Å². The summed E-state index contributed by atoms with van der Waals surface area (Å²) in [6.07, 6.45) is 7.37. The molecule has 0 aromatic carbocycles. The number of carboxylic acid groups (broad SMARTS) is 1. The molecule has 1 N–H and O–H groups in total. The number of allylic oxidation sites excluding steroid dienone is 4. The molecule has 2 nitrogen and oxygen atoms in total. The van der Waals surface area contributed by atoms with Crippen LogP contribution in [0.25, 0.3) is 0 Å². The Labute approximate surface area is 79.6 Å². The lowest BCUT2D eigenvalue weighted by Crippen LogP contribution is -1.96. The monoisotopic (exact) mass is 180 g/mol. The first-order valence-corrected chi connectivity index (χ1v) is 4.07. The first kappa shape index (κ1) is 14.0. The Morgan fingerprint density at radius 3 is 2.08 bits per heavy atom. The third kappa shape index (κ3) is 8.34. The van der Waals surface area contributed by atoms with Crippen LogP contribution in [0.4, 0.5) is 0 Å². The number of hydrogen-bond acceptors (Lipinski definition) is 1. The van der Waals surface area contributed by atoms with Crippen LogP contribution in [0.2, 0.25) is 0 Å². The molecule has 0 radical (unpaired) electrons. The van der Waals surface area contributed by atoms with Crippen molar-refractivity contribution < 1.29 is 9.90 Å². The minimum Gasteiger partial charge on any atom is -0.478 e. The Hall–Kier alpha value is -1.57. The van der Waals surface area contributed by atoms with Crippen LogP contribution in [0, 0.1) is 0 Å². The maximum atomic E-state index is 10.4. The summed E-state index contributed by atoms with van der Waals surface area (Å²) >= 11 is 0. The minimum absolute atomic E-state index is 0.194. The van der Waals surface area contributed by atoms with Gasteiger partial charge in [0.2, 0.25) is 0 Å². The summed E-state index contributed by atoms with van der Waals surface area (Å²) in [5, 5.41) is 8.53. The summed E-state index contributed by atoms with van der Waals surface area (Å²) in [5.41, 5.74) is 0.194. The van der Waals surface area contributed by atoms with E-state index in [1.54, 1.807) is 6.08 Å². The second kappa shape index (κ2) is 10.4. The Morgan fingerprint density at radius 1 is 1.23 bits per heavy atom. The summed E-state index contributed by atoms with van der Waals surface area (Å²) in [7, 11) is 0. The van der Waals surface area contributed by atoms with Crippen molar-refractivity contribution in [1.82, 2.24) is 0 Å². The molecule has 0 aliphatic rings. The molecule has 0 heterocycles. The lowest BCUT2D eigenvalue weighted by molar-refractivity contribution is -0.132. The van der Waals surface area contributed by atoms with Gasteiger partial charge in [-0.15, -0.1) is 0 Å². The first-order valence-electron chi connectivity index (χ1n) is 4.07. The molecule has 13 heavy (non-hydrogen) atoms. The van der Waals surface area contributed by atoms with Gasteiger partial charge in [0.25, 0.3) is 0 Å². The van der Waals surface area contributed by atoms with E-state index >= 15 is 0 Å². The number of rotatable bonds is 4. The maximum absolute atomic E-state index is 10.4. The molecular formula is C11H16O2. The second-order valence-corrected chi connectivity index (χ2v) is 1.76. The van der Waals surface area contributed by atoms with E-state index < -0.39 is 5.97 Å². The zero-order valence-electron chi connectivity index (χ0n) is 8.16. The topological polar surface area (TPSA) is 37.3 Å². The molecule has 0 aliphatic carbocycles. The van der Waals surface area contributed by atoms with Crippen molar-refractivity contribution in [3.63, 3.8) is 0 Å². The van der Waals surface area contributed by atoms with Gasteiger partial charge in [0.1, 0.15) is 0 Å². The van der Waals surface area contributed by atoms with Crippen LogP contribution in [0.1, 0.15) is 13.8 Å². The fourth-order valence-corrected chi connectivity index (χ4v) is 0.497. The molecule has 72 valence electrons. The van der Waals surface area contributed by atoms with E-state index in [9.17, 15) is 4.79 Å². The van der Waals surface area contributed by atoms with Crippen molar-refractivity contribution in [1.29, 1.82) is 0 Å². The molecule has 2 heteroatoms. The van der Waals surface area contributed by atoms with Crippen molar-refractivity contribution in [2.75, 3.05) is 0 Å². The van der Waals surface area contributed by atoms with Gasteiger partial charge in [-0.3, -0.25) is 0 Å². The smallest absolute Gasteiger partial charge is 0.335 e. The minimum atomic E-state index is -0.969. The van der Waals surface area contributed by atoms with Gasteiger partial charge in [-0.2, -0.15) is 0 Å². The van der Waals surface area contributed by atoms with Gasteiger partial charge in [-0.05, 0) is 12.2 Å². The fraction of sp³-hybridized carbons (Fsp3) is 0.182. The molecule has 0 rings (SSSR count). The SMILES string of the molecule is C=C/C=C\C(=C/C=C)C(=O)O.CC. The number of carbonyl (C=O) groups is 1. The van der Waals surface area contributed by atoms with Crippen molar-refractivity contribution in [2.24, 2.45) is 0 Å². The highest BCUT2D eigenvalue weighted by molar-refractivity contribution is 5.90. The van der Waals surface area contributed by atoms with Gasteiger partial charge in [0.15, 0.2) is 0 Å². The van der Waals surface area contributed by atoms with E-state index in [0.717, 1.165) is 0 Å². The van der Waals surface area contributed by atoms with Crippen LogP contribution in [0.3, 0.4) is 0 Å². The van der Waals surface area contributed by atoms with Crippen LogP contribution in [0.5, 0.6) is 0 Å². The van der Waals surface area contributed by atoms with E-state index in [2.05, 4.69) is 13.2 Å². The molecule has 0 unspecified atom stereocenters. The van der Waals surface area contributed by atoms with Gasteiger partial charge in [-0.25, -0.2) is 4.79 Å². The molecule has 0 saturated carbocycles. The van der Waals surface area contributed by atoms with Gasteiger partial charge >= 0.3 is 5.97 Å². The molecule has 0 aliphatic heterocycles. The molecule has 0 bridgehead atoms. The van der Waals surface area contributed by atoms with Crippen LogP contribution in [-0.2, 0) is 4.79 Å². The Bertz CT molecular complexity index is 222. The maximum Gasteiger partial charge on any atom is 0.335 e.